The number of hydrogen-bond acceptors (Lipinski definition) is 4. The normalized spacial score (nSPS) is 14.8. The minimum Gasteiger partial charge on any atom is -0.503 e. The number of phenolic OH excluding ortho intramolecular Hbond substituents is 1. The second-order valence-electron chi connectivity index (χ2n) is 4.73. The molecule has 5 heteroatoms. The Morgan fingerprint density at radius 3 is 2.86 bits per heavy atom. The molecule has 2 aromatic carbocycles. The number of carbonyl (C=O) groups excluding carboxylic acids is 1. The molecule has 0 saturated carbocycles. The maximum atomic E-state index is 12.0. The van der Waals surface area contributed by atoms with Crippen LogP contribution in [-0.2, 0) is 4.79 Å². The highest BCUT2D eigenvalue weighted by molar-refractivity contribution is 9.10. The van der Waals surface area contributed by atoms with Gasteiger partial charge in [0.05, 0.1) is 16.7 Å². The lowest BCUT2D eigenvalue weighted by Gasteiger charge is -2.09. The van der Waals surface area contributed by atoms with Gasteiger partial charge in [0.25, 0.3) is 0 Å². The van der Waals surface area contributed by atoms with Crippen LogP contribution in [0.2, 0.25) is 0 Å². The number of fused-ring (bicyclic) bond motifs is 1. The molecule has 0 unspecified atom stereocenters. The Balaban J connectivity index is 2.07. The molecule has 0 fully saturated rings. The minimum absolute atomic E-state index is 0.0402. The van der Waals surface area contributed by atoms with E-state index in [1.165, 1.54) is 0 Å². The Morgan fingerprint density at radius 1 is 1.32 bits per heavy atom. The Kier molecular flexibility index (Phi) is 3.90. The first-order chi connectivity index (χ1) is 10.6. The molecule has 0 radical (unpaired) electrons. The van der Waals surface area contributed by atoms with Gasteiger partial charge in [-0.2, -0.15) is 0 Å². The van der Waals surface area contributed by atoms with Gasteiger partial charge in [-0.3, -0.25) is 0 Å². The number of rotatable bonds is 3. The molecule has 0 spiro atoms. The molecule has 1 N–H and O–H groups in total. The molecule has 2 aromatic rings. The molecule has 0 aliphatic carbocycles. The fourth-order valence-corrected chi connectivity index (χ4v) is 2.75. The largest absolute Gasteiger partial charge is 0.503 e. The molecule has 0 atom stereocenters. The van der Waals surface area contributed by atoms with Crippen LogP contribution in [0, 0.1) is 0 Å². The van der Waals surface area contributed by atoms with Gasteiger partial charge in [0, 0.05) is 5.56 Å². The summed E-state index contributed by atoms with van der Waals surface area (Å²) in [6, 6.07) is 10.7. The summed E-state index contributed by atoms with van der Waals surface area (Å²) in [4.78, 5) is 12.0. The van der Waals surface area contributed by atoms with Crippen LogP contribution < -0.4 is 9.47 Å². The van der Waals surface area contributed by atoms with E-state index in [4.69, 9.17) is 9.47 Å². The van der Waals surface area contributed by atoms with E-state index in [2.05, 4.69) is 15.9 Å². The Labute approximate surface area is 136 Å². The predicted molar refractivity (Wildman–Crippen MR) is 86.9 cm³/mol. The summed E-state index contributed by atoms with van der Waals surface area (Å²) in [5, 5.41) is 9.94. The van der Waals surface area contributed by atoms with Gasteiger partial charge in [0.15, 0.2) is 11.5 Å². The molecule has 1 aliphatic rings. The fourth-order valence-electron chi connectivity index (χ4n) is 2.29. The third-order valence-corrected chi connectivity index (χ3v) is 3.87. The molecule has 22 heavy (non-hydrogen) atoms. The highest BCUT2D eigenvalue weighted by Gasteiger charge is 2.26. The molecule has 3 rings (SSSR count). The number of para-hydroxylation sites is 1. The number of ether oxygens (including phenoxy) is 2. The second-order valence-corrected chi connectivity index (χ2v) is 5.58. The summed E-state index contributed by atoms with van der Waals surface area (Å²) in [5.74, 6) is 0.576. The zero-order valence-electron chi connectivity index (χ0n) is 11.8. The lowest BCUT2D eigenvalue weighted by atomic mass is 10.0. The van der Waals surface area contributed by atoms with Crippen LogP contribution >= 0.6 is 15.9 Å². The summed E-state index contributed by atoms with van der Waals surface area (Å²) in [6.07, 6.45) is 1.72. The monoisotopic (exact) mass is 360 g/mol. The Morgan fingerprint density at radius 2 is 2.09 bits per heavy atom. The number of phenols is 1. The maximum absolute atomic E-state index is 12.0. The van der Waals surface area contributed by atoms with Gasteiger partial charge in [-0.25, -0.2) is 4.79 Å². The predicted octanol–water partition coefficient (Wildman–Crippen LogP) is 4.01. The summed E-state index contributed by atoms with van der Waals surface area (Å²) in [6.45, 7) is 2.27. The van der Waals surface area contributed by atoms with Crippen molar-refractivity contribution in [1.82, 2.24) is 0 Å². The Bertz CT molecular complexity index is 780. The smallest absolute Gasteiger partial charge is 0.344 e. The topological polar surface area (TPSA) is 55.8 Å². The minimum atomic E-state index is -0.386. The van der Waals surface area contributed by atoms with Crippen LogP contribution in [0.1, 0.15) is 18.1 Å². The van der Waals surface area contributed by atoms with Gasteiger partial charge in [-0.1, -0.05) is 18.2 Å². The van der Waals surface area contributed by atoms with Gasteiger partial charge in [-0.15, -0.1) is 0 Å². The maximum Gasteiger partial charge on any atom is 0.344 e. The second kappa shape index (κ2) is 5.85. The van der Waals surface area contributed by atoms with Crippen molar-refractivity contribution in [3.63, 3.8) is 0 Å². The van der Waals surface area contributed by atoms with Crippen molar-refractivity contribution in [2.45, 2.75) is 6.92 Å². The molecule has 4 nitrogen and oxygen atoms in total. The van der Waals surface area contributed by atoms with Gasteiger partial charge < -0.3 is 14.6 Å². The average molecular weight is 361 g/mol. The molecule has 0 amide bonds. The zero-order valence-corrected chi connectivity index (χ0v) is 13.4. The number of carbonyl (C=O) groups is 1. The van der Waals surface area contributed by atoms with Crippen LogP contribution in [0.15, 0.2) is 40.9 Å². The lowest BCUT2D eigenvalue weighted by Crippen LogP contribution is -2.00. The molecule has 1 aliphatic heterocycles. The SMILES string of the molecule is CCOc1cc(C=C2C(=O)Oc3ccccc32)cc(Br)c1O. The molecule has 0 saturated heterocycles. The van der Waals surface area contributed by atoms with Gasteiger partial charge >= 0.3 is 5.97 Å². The third kappa shape index (κ3) is 2.60. The molecule has 0 aromatic heterocycles. The van der Waals surface area contributed by atoms with Crippen molar-refractivity contribution in [3.8, 4) is 17.2 Å². The standard InChI is InChI=1S/C17H13BrO4/c1-2-21-15-9-10(8-13(18)16(15)19)7-12-11-5-3-4-6-14(11)22-17(12)20/h3-9,19H,2H2,1H3. The van der Waals surface area contributed by atoms with E-state index in [1.807, 2.05) is 25.1 Å². The Hall–Kier alpha value is -2.27. The summed E-state index contributed by atoms with van der Waals surface area (Å²) < 4.78 is 11.1. The highest BCUT2D eigenvalue weighted by Crippen LogP contribution is 2.39. The van der Waals surface area contributed by atoms with E-state index in [-0.39, 0.29) is 11.7 Å². The number of hydrogen-bond donors (Lipinski definition) is 1. The van der Waals surface area contributed by atoms with E-state index in [0.29, 0.717) is 28.2 Å². The van der Waals surface area contributed by atoms with E-state index in [0.717, 1.165) is 11.1 Å². The van der Waals surface area contributed by atoms with Crippen molar-refractivity contribution < 1.29 is 19.4 Å². The molecular formula is C17H13BrO4. The van der Waals surface area contributed by atoms with Crippen LogP contribution in [0.4, 0.5) is 0 Å². The van der Waals surface area contributed by atoms with Gasteiger partial charge in [0.2, 0.25) is 0 Å². The summed E-state index contributed by atoms with van der Waals surface area (Å²) in [5.41, 5.74) is 1.97. The van der Waals surface area contributed by atoms with Crippen molar-refractivity contribution in [3.05, 3.63) is 52.0 Å². The van der Waals surface area contributed by atoms with Crippen LogP contribution in [-0.4, -0.2) is 17.7 Å². The first kappa shape index (κ1) is 14.7. The number of esters is 1. The van der Waals surface area contributed by atoms with Crippen molar-refractivity contribution in [2.75, 3.05) is 6.61 Å². The molecular weight excluding hydrogens is 348 g/mol. The molecule has 0 bridgehead atoms. The van der Waals surface area contributed by atoms with E-state index < -0.39 is 0 Å². The van der Waals surface area contributed by atoms with Gasteiger partial charge in [-0.05, 0) is 52.7 Å². The first-order valence-corrected chi connectivity index (χ1v) is 7.58. The summed E-state index contributed by atoms with van der Waals surface area (Å²) in [7, 11) is 0. The van der Waals surface area contributed by atoms with Crippen LogP contribution in [0.5, 0.6) is 17.2 Å². The first-order valence-electron chi connectivity index (χ1n) is 6.78. The van der Waals surface area contributed by atoms with Crippen molar-refractivity contribution in [2.24, 2.45) is 0 Å². The lowest BCUT2D eigenvalue weighted by molar-refractivity contribution is -0.126. The highest BCUT2D eigenvalue weighted by atomic mass is 79.9. The number of halogens is 1. The number of aromatic hydroxyl groups is 1. The van der Waals surface area contributed by atoms with E-state index in [9.17, 15) is 9.90 Å². The van der Waals surface area contributed by atoms with Crippen molar-refractivity contribution >= 4 is 33.5 Å². The van der Waals surface area contributed by atoms with Crippen molar-refractivity contribution in [1.29, 1.82) is 0 Å². The third-order valence-electron chi connectivity index (χ3n) is 3.26. The van der Waals surface area contributed by atoms with Gasteiger partial charge in [0.1, 0.15) is 5.75 Å². The molecule has 1 heterocycles. The van der Waals surface area contributed by atoms with E-state index >= 15 is 0 Å². The van der Waals surface area contributed by atoms with E-state index in [1.54, 1.807) is 24.3 Å². The summed E-state index contributed by atoms with van der Waals surface area (Å²) >= 11 is 3.29. The average Bonchev–Trinajstić information content (AvgIpc) is 2.81. The van der Waals surface area contributed by atoms with Crippen LogP contribution in [0.3, 0.4) is 0 Å². The quantitative estimate of drug-likeness (QED) is 0.510. The molecule has 112 valence electrons. The zero-order chi connectivity index (χ0) is 15.7. The van der Waals surface area contributed by atoms with Crippen LogP contribution in [0.25, 0.3) is 11.6 Å². The number of benzene rings is 2. The fraction of sp³-hybridized carbons (Fsp3) is 0.118.